The quantitative estimate of drug-likeness (QED) is 0.775. The van der Waals surface area contributed by atoms with E-state index < -0.39 is 0 Å². The van der Waals surface area contributed by atoms with Crippen molar-refractivity contribution in [2.45, 2.75) is 12.8 Å². The average Bonchev–Trinajstić information content (AvgIpc) is 2.52. The van der Waals surface area contributed by atoms with Crippen LogP contribution in [-0.2, 0) is 6.42 Å². The van der Waals surface area contributed by atoms with Gasteiger partial charge in [0.2, 0.25) is 0 Å². The lowest BCUT2D eigenvalue weighted by atomic mass is 10.1. The van der Waals surface area contributed by atoms with Gasteiger partial charge >= 0.3 is 0 Å². The Morgan fingerprint density at radius 1 is 0.900 bits per heavy atom. The molecule has 0 aliphatic heterocycles. The number of hydrogen-bond donors (Lipinski definition) is 0. The fourth-order valence-electron chi connectivity index (χ4n) is 2.01. The third-order valence-corrected chi connectivity index (χ3v) is 3.16. The zero-order valence-electron chi connectivity index (χ0n) is 12.0. The van der Waals surface area contributed by atoms with Crippen molar-refractivity contribution in [3.8, 4) is 11.5 Å². The molecule has 0 saturated carbocycles. The van der Waals surface area contributed by atoms with E-state index in [-0.39, 0.29) is 0 Å². The monoisotopic (exact) mass is 268 g/mol. The number of ether oxygens (including phenoxy) is 2. The molecule has 0 spiro atoms. The number of rotatable bonds is 6. The molecule has 0 amide bonds. The summed E-state index contributed by atoms with van der Waals surface area (Å²) in [6.07, 6.45) is 6.37. The predicted octanol–water partition coefficient (Wildman–Crippen LogP) is 4.35. The lowest BCUT2D eigenvalue weighted by molar-refractivity contribution is 0.414. The van der Waals surface area contributed by atoms with Gasteiger partial charge in [0.05, 0.1) is 14.2 Å². The van der Waals surface area contributed by atoms with Gasteiger partial charge in [-0.05, 0) is 48.2 Å². The summed E-state index contributed by atoms with van der Waals surface area (Å²) < 4.78 is 10.4. The third-order valence-electron chi connectivity index (χ3n) is 3.16. The second kappa shape index (κ2) is 7.39. The van der Waals surface area contributed by atoms with Crippen LogP contribution in [0.1, 0.15) is 17.5 Å². The molecule has 2 aromatic rings. The van der Waals surface area contributed by atoms with E-state index in [1.54, 1.807) is 14.2 Å². The van der Waals surface area contributed by atoms with E-state index in [1.165, 1.54) is 11.1 Å². The van der Waals surface area contributed by atoms with Crippen LogP contribution < -0.4 is 9.47 Å². The topological polar surface area (TPSA) is 18.5 Å². The van der Waals surface area contributed by atoms with Gasteiger partial charge < -0.3 is 9.47 Å². The van der Waals surface area contributed by atoms with Crippen molar-refractivity contribution in [3.63, 3.8) is 0 Å². The van der Waals surface area contributed by atoms with Crippen molar-refractivity contribution in [2.75, 3.05) is 14.2 Å². The number of methoxy groups -OCH3 is 2. The minimum atomic E-state index is 0.891. The van der Waals surface area contributed by atoms with Crippen molar-refractivity contribution in [2.24, 2.45) is 0 Å². The van der Waals surface area contributed by atoms with Crippen LogP contribution in [0.25, 0.3) is 6.08 Å². The first-order chi connectivity index (χ1) is 9.81. The highest BCUT2D eigenvalue weighted by molar-refractivity contribution is 5.51. The van der Waals surface area contributed by atoms with E-state index in [4.69, 9.17) is 9.47 Å². The second-order valence-electron chi connectivity index (χ2n) is 4.57. The molecule has 0 radical (unpaired) electrons. The smallest absolute Gasteiger partial charge is 0.119 e. The standard InChI is InChI=1S/C18H20O2/c1-19-17-12-10-15(11-13-17)6-3-4-7-16-8-5-9-18(14-16)20-2/h4-5,7-14H,3,6H2,1-2H3/b7-4+. The third kappa shape index (κ3) is 4.16. The summed E-state index contributed by atoms with van der Waals surface area (Å²) in [6.45, 7) is 0. The lowest BCUT2D eigenvalue weighted by Crippen LogP contribution is -1.86. The normalized spacial score (nSPS) is 10.7. The summed E-state index contributed by atoms with van der Waals surface area (Å²) in [5.41, 5.74) is 2.49. The molecule has 0 aromatic heterocycles. The van der Waals surface area contributed by atoms with Gasteiger partial charge in [0, 0.05) is 0 Å². The first-order valence-electron chi connectivity index (χ1n) is 6.75. The van der Waals surface area contributed by atoms with Crippen molar-refractivity contribution >= 4 is 6.08 Å². The van der Waals surface area contributed by atoms with Crippen molar-refractivity contribution < 1.29 is 9.47 Å². The van der Waals surface area contributed by atoms with E-state index in [1.807, 2.05) is 30.3 Å². The van der Waals surface area contributed by atoms with E-state index in [9.17, 15) is 0 Å². The average molecular weight is 268 g/mol. The number of benzene rings is 2. The summed E-state index contributed by atoms with van der Waals surface area (Å²) in [6, 6.07) is 16.3. The van der Waals surface area contributed by atoms with Crippen molar-refractivity contribution in [1.29, 1.82) is 0 Å². The summed E-state index contributed by atoms with van der Waals surface area (Å²) in [5.74, 6) is 1.79. The Morgan fingerprint density at radius 3 is 2.35 bits per heavy atom. The van der Waals surface area contributed by atoms with Gasteiger partial charge in [0.25, 0.3) is 0 Å². The van der Waals surface area contributed by atoms with E-state index in [0.717, 1.165) is 24.3 Å². The molecule has 2 heteroatoms. The van der Waals surface area contributed by atoms with Crippen LogP contribution in [0.3, 0.4) is 0 Å². The molecule has 2 rings (SSSR count). The molecule has 0 unspecified atom stereocenters. The Balaban J connectivity index is 1.86. The van der Waals surface area contributed by atoms with Crippen molar-refractivity contribution in [3.05, 3.63) is 65.7 Å². The molecule has 0 fully saturated rings. The molecule has 2 nitrogen and oxygen atoms in total. The second-order valence-corrected chi connectivity index (χ2v) is 4.57. The molecule has 0 aliphatic rings. The molecule has 0 bridgehead atoms. The molecule has 0 aliphatic carbocycles. The molecule has 2 aromatic carbocycles. The van der Waals surface area contributed by atoms with Crippen LogP contribution in [-0.4, -0.2) is 14.2 Å². The van der Waals surface area contributed by atoms with Crippen LogP contribution >= 0.6 is 0 Å². The zero-order valence-corrected chi connectivity index (χ0v) is 12.0. The Hall–Kier alpha value is -2.22. The SMILES string of the molecule is COc1ccc(CC/C=C/c2cccc(OC)c2)cc1. The van der Waals surface area contributed by atoms with Gasteiger partial charge in [-0.15, -0.1) is 0 Å². The maximum Gasteiger partial charge on any atom is 0.119 e. The summed E-state index contributed by atoms with van der Waals surface area (Å²) in [5, 5.41) is 0. The highest BCUT2D eigenvalue weighted by atomic mass is 16.5. The van der Waals surface area contributed by atoms with Gasteiger partial charge in [-0.3, -0.25) is 0 Å². The fourth-order valence-corrected chi connectivity index (χ4v) is 2.01. The highest BCUT2D eigenvalue weighted by Gasteiger charge is 1.94. The number of allylic oxidation sites excluding steroid dienone is 1. The van der Waals surface area contributed by atoms with E-state index in [2.05, 4.69) is 30.4 Å². The lowest BCUT2D eigenvalue weighted by Gasteiger charge is -2.02. The molecule has 20 heavy (non-hydrogen) atoms. The molecule has 0 atom stereocenters. The first-order valence-corrected chi connectivity index (χ1v) is 6.75. The van der Waals surface area contributed by atoms with Gasteiger partial charge in [-0.25, -0.2) is 0 Å². The maximum absolute atomic E-state index is 5.21. The molecular formula is C18H20O2. The summed E-state index contributed by atoms with van der Waals surface area (Å²) in [4.78, 5) is 0. The van der Waals surface area contributed by atoms with Crippen LogP contribution in [0.4, 0.5) is 0 Å². The maximum atomic E-state index is 5.21. The summed E-state index contributed by atoms with van der Waals surface area (Å²) in [7, 11) is 3.37. The van der Waals surface area contributed by atoms with Gasteiger partial charge in [0.1, 0.15) is 11.5 Å². The van der Waals surface area contributed by atoms with Crippen molar-refractivity contribution in [1.82, 2.24) is 0 Å². The Bertz CT molecular complexity index is 556. The minimum absolute atomic E-state index is 0.891. The Morgan fingerprint density at radius 2 is 1.65 bits per heavy atom. The predicted molar refractivity (Wildman–Crippen MR) is 83.3 cm³/mol. The van der Waals surface area contributed by atoms with Crippen LogP contribution in [0, 0.1) is 0 Å². The molecule has 0 saturated heterocycles. The Kier molecular flexibility index (Phi) is 5.24. The van der Waals surface area contributed by atoms with Gasteiger partial charge in [0.15, 0.2) is 0 Å². The minimum Gasteiger partial charge on any atom is -0.497 e. The number of hydrogen-bond acceptors (Lipinski definition) is 2. The number of aryl methyl sites for hydroxylation is 1. The molecular weight excluding hydrogens is 248 g/mol. The van der Waals surface area contributed by atoms with E-state index >= 15 is 0 Å². The summed E-state index contributed by atoms with van der Waals surface area (Å²) >= 11 is 0. The largest absolute Gasteiger partial charge is 0.497 e. The molecule has 0 heterocycles. The molecule has 0 N–H and O–H groups in total. The molecule has 104 valence electrons. The first kappa shape index (κ1) is 14.2. The van der Waals surface area contributed by atoms with E-state index in [0.29, 0.717) is 0 Å². The van der Waals surface area contributed by atoms with Gasteiger partial charge in [-0.1, -0.05) is 36.4 Å². The van der Waals surface area contributed by atoms with Crippen LogP contribution in [0.5, 0.6) is 11.5 Å². The van der Waals surface area contributed by atoms with Crippen LogP contribution in [0.2, 0.25) is 0 Å². The fraction of sp³-hybridized carbons (Fsp3) is 0.222. The van der Waals surface area contributed by atoms with Gasteiger partial charge in [-0.2, -0.15) is 0 Å². The zero-order chi connectivity index (χ0) is 14.2. The Labute approximate surface area is 120 Å². The van der Waals surface area contributed by atoms with Crippen LogP contribution in [0.15, 0.2) is 54.6 Å². The highest BCUT2D eigenvalue weighted by Crippen LogP contribution is 2.15.